The van der Waals surface area contributed by atoms with E-state index in [9.17, 15) is 0 Å². The van der Waals surface area contributed by atoms with E-state index in [1.807, 2.05) is 0 Å². The fraction of sp³-hybridized carbons (Fsp3) is 0.800. The van der Waals surface area contributed by atoms with E-state index >= 15 is 0 Å². The summed E-state index contributed by atoms with van der Waals surface area (Å²) < 4.78 is 0. The van der Waals surface area contributed by atoms with Crippen LogP contribution in [0.2, 0.25) is 0 Å². The molecule has 0 bridgehead atoms. The first-order valence-corrected chi connectivity index (χ1v) is 4.65. The molecule has 0 aliphatic heterocycles. The Kier molecular flexibility index (Phi) is 6.59. The summed E-state index contributed by atoms with van der Waals surface area (Å²) in [4.78, 5) is 4.47. The molecule has 1 aliphatic rings. The zero-order valence-electron chi connectivity index (χ0n) is 9.43. The van der Waals surface area contributed by atoms with E-state index in [1.54, 1.807) is 0 Å². The average Bonchev–Trinajstić information content (AvgIpc) is 2.05. The average molecular weight is 174 g/mol. The Labute approximate surface area is 94.1 Å². The van der Waals surface area contributed by atoms with Gasteiger partial charge in [0.05, 0.1) is 6.67 Å². The molecule has 0 saturated heterocycles. The molecule has 0 saturated carbocycles. The molecule has 2 nitrogen and oxygen atoms in total. The first kappa shape index (κ1) is 13.1. The summed E-state index contributed by atoms with van der Waals surface area (Å²) in [6, 6.07) is 0. The molecular weight excluding hydrogens is 155 g/mol. The van der Waals surface area contributed by atoms with E-state index < -0.39 is 0 Å². The van der Waals surface area contributed by atoms with Crippen LogP contribution in [0.25, 0.3) is 0 Å². The number of hydrogen-bond donors (Lipinski definition) is 0. The van der Waals surface area contributed by atoms with Crippen molar-refractivity contribution in [2.45, 2.75) is 25.7 Å². The molecule has 13 heavy (non-hydrogen) atoms. The van der Waals surface area contributed by atoms with E-state index in [0.29, 0.717) is 0 Å². The standard InChI is InChI=1S/C10H19N2.Li/c1-11(2)9-12(3)10-7-5-4-6-8-10;/h4-7,9H2,1-3H3;/q-1;+1. The summed E-state index contributed by atoms with van der Waals surface area (Å²) in [6.07, 6.45) is 8.45. The van der Waals surface area contributed by atoms with Gasteiger partial charge in [0.15, 0.2) is 0 Å². The van der Waals surface area contributed by atoms with Crippen LogP contribution in [0, 0.1) is 6.08 Å². The molecule has 0 aromatic rings. The maximum Gasteiger partial charge on any atom is 1.00 e. The fourth-order valence-electron chi connectivity index (χ4n) is 1.57. The van der Waals surface area contributed by atoms with Crippen molar-refractivity contribution in [3.05, 3.63) is 11.8 Å². The van der Waals surface area contributed by atoms with E-state index in [0.717, 1.165) is 13.1 Å². The van der Waals surface area contributed by atoms with Crippen LogP contribution >= 0.6 is 0 Å². The van der Waals surface area contributed by atoms with Gasteiger partial charge in [0.25, 0.3) is 0 Å². The van der Waals surface area contributed by atoms with Crippen LogP contribution in [0.1, 0.15) is 25.7 Å². The second kappa shape index (κ2) is 6.54. The van der Waals surface area contributed by atoms with Gasteiger partial charge < -0.3 is 11.0 Å². The van der Waals surface area contributed by atoms with Crippen LogP contribution in [-0.4, -0.2) is 37.6 Å². The largest absolute Gasteiger partial charge is 1.00 e. The second-order valence-electron chi connectivity index (χ2n) is 3.75. The van der Waals surface area contributed by atoms with Crippen molar-refractivity contribution in [2.24, 2.45) is 0 Å². The molecular formula is C10H19LiN2. The van der Waals surface area contributed by atoms with Crippen molar-refractivity contribution in [1.82, 2.24) is 9.80 Å². The van der Waals surface area contributed by atoms with Crippen molar-refractivity contribution in [2.75, 3.05) is 27.8 Å². The molecule has 0 spiro atoms. The van der Waals surface area contributed by atoms with Crippen molar-refractivity contribution in [3.63, 3.8) is 0 Å². The summed E-state index contributed by atoms with van der Waals surface area (Å²) in [5.41, 5.74) is 1.40. The fourth-order valence-corrected chi connectivity index (χ4v) is 1.57. The minimum atomic E-state index is 0. The van der Waals surface area contributed by atoms with Crippen LogP contribution in [0.15, 0.2) is 5.70 Å². The number of allylic oxidation sites excluding steroid dienone is 2. The van der Waals surface area contributed by atoms with Gasteiger partial charge in [0.1, 0.15) is 0 Å². The van der Waals surface area contributed by atoms with Gasteiger partial charge in [0.2, 0.25) is 0 Å². The smallest absolute Gasteiger partial charge is 0.476 e. The van der Waals surface area contributed by atoms with E-state index in [-0.39, 0.29) is 18.9 Å². The third-order valence-corrected chi connectivity index (χ3v) is 2.13. The van der Waals surface area contributed by atoms with E-state index in [2.05, 4.69) is 37.0 Å². The minimum absolute atomic E-state index is 0. The zero-order valence-corrected chi connectivity index (χ0v) is 9.43. The van der Waals surface area contributed by atoms with Gasteiger partial charge in [-0.05, 0) is 20.5 Å². The van der Waals surface area contributed by atoms with Crippen molar-refractivity contribution in [1.29, 1.82) is 0 Å². The Bertz CT molecular complexity index is 166. The molecule has 1 aliphatic carbocycles. The molecule has 0 N–H and O–H groups in total. The Morgan fingerprint density at radius 2 is 1.92 bits per heavy atom. The molecule has 0 aromatic carbocycles. The number of rotatable bonds is 3. The van der Waals surface area contributed by atoms with Gasteiger partial charge in [-0.15, -0.1) is 0 Å². The predicted octanol–water partition coefficient (Wildman–Crippen LogP) is -1.30. The first-order chi connectivity index (χ1) is 5.70. The maximum absolute atomic E-state index is 3.44. The van der Waals surface area contributed by atoms with Crippen molar-refractivity contribution >= 4 is 0 Å². The van der Waals surface area contributed by atoms with Crippen molar-refractivity contribution in [3.8, 4) is 0 Å². The second-order valence-corrected chi connectivity index (χ2v) is 3.75. The van der Waals surface area contributed by atoms with Crippen LogP contribution < -0.4 is 18.9 Å². The Hall–Kier alpha value is 0.0974. The van der Waals surface area contributed by atoms with Crippen molar-refractivity contribution < 1.29 is 18.9 Å². The molecule has 70 valence electrons. The Balaban J connectivity index is 0.00000144. The topological polar surface area (TPSA) is 6.48 Å². The van der Waals surface area contributed by atoms with Gasteiger partial charge in [-0.1, -0.05) is 12.8 Å². The quantitative estimate of drug-likeness (QED) is 0.298. The predicted molar refractivity (Wildman–Crippen MR) is 51.5 cm³/mol. The molecule has 1 rings (SSSR count). The number of hydrogen-bond acceptors (Lipinski definition) is 2. The van der Waals surface area contributed by atoms with Gasteiger partial charge in [-0.2, -0.15) is 12.1 Å². The van der Waals surface area contributed by atoms with Crippen LogP contribution in [-0.2, 0) is 0 Å². The van der Waals surface area contributed by atoms with Gasteiger partial charge in [-0.25, -0.2) is 0 Å². The van der Waals surface area contributed by atoms with Crippen LogP contribution in [0.3, 0.4) is 0 Å². The Morgan fingerprint density at radius 3 is 2.38 bits per heavy atom. The van der Waals surface area contributed by atoms with Gasteiger partial charge in [-0.3, -0.25) is 4.90 Å². The van der Waals surface area contributed by atoms with E-state index in [4.69, 9.17) is 0 Å². The molecule has 0 radical (unpaired) electrons. The Morgan fingerprint density at radius 1 is 1.23 bits per heavy atom. The normalized spacial score (nSPS) is 16.5. The third-order valence-electron chi connectivity index (χ3n) is 2.13. The molecule has 0 fully saturated rings. The maximum atomic E-state index is 3.44. The SMILES string of the molecule is CN(C)CN(C)C1=[C-]CCCC1.[Li+]. The molecule has 3 heteroatoms. The first-order valence-electron chi connectivity index (χ1n) is 4.65. The summed E-state index contributed by atoms with van der Waals surface area (Å²) >= 11 is 0. The summed E-state index contributed by atoms with van der Waals surface area (Å²) in [7, 11) is 6.34. The summed E-state index contributed by atoms with van der Waals surface area (Å²) in [6.45, 7) is 1.00. The molecule has 0 heterocycles. The van der Waals surface area contributed by atoms with Crippen LogP contribution in [0.5, 0.6) is 0 Å². The van der Waals surface area contributed by atoms with Crippen LogP contribution in [0.4, 0.5) is 0 Å². The third kappa shape index (κ3) is 4.76. The molecule has 0 atom stereocenters. The van der Waals surface area contributed by atoms with Gasteiger partial charge in [0, 0.05) is 7.05 Å². The van der Waals surface area contributed by atoms with Gasteiger partial charge >= 0.3 is 18.9 Å². The summed E-state index contributed by atoms with van der Waals surface area (Å²) in [5, 5.41) is 0. The monoisotopic (exact) mass is 174 g/mol. The zero-order chi connectivity index (χ0) is 8.97. The minimum Gasteiger partial charge on any atom is -0.476 e. The number of nitrogens with zero attached hydrogens (tertiary/aromatic N) is 2. The summed E-state index contributed by atoms with van der Waals surface area (Å²) in [5.74, 6) is 0. The molecule has 0 aromatic heterocycles. The molecule has 0 unspecified atom stereocenters. The van der Waals surface area contributed by atoms with E-state index in [1.165, 1.54) is 25.0 Å². The molecule has 0 amide bonds.